The first-order chi connectivity index (χ1) is 14.2. The molecule has 5 nitrogen and oxygen atoms in total. The van der Waals surface area contributed by atoms with Gasteiger partial charge in [-0.15, -0.1) is 4.91 Å². The van der Waals surface area contributed by atoms with Crippen LogP contribution in [0.4, 0.5) is 11.4 Å². The number of anilines is 1. The summed E-state index contributed by atoms with van der Waals surface area (Å²) in [7, 11) is 0. The summed E-state index contributed by atoms with van der Waals surface area (Å²) in [5.41, 5.74) is 12.8. The molecule has 1 aliphatic rings. The molecular formula is C24H23N3O2. The Morgan fingerprint density at radius 1 is 0.724 bits per heavy atom. The fourth-order valence-corrected chi connectivity index (χ4v) is 4.17. The molecule has 3 aromatic carbocycles. The highest BCUT2D eigenvalue weighted by atomic mass is 16.3. The molecule has 0 bridgehead atoms. The molecule has 146 valence electrons. The van der Waals surface area contributed by atoms with Crippen LogP contribution in [-0.2, 0) is 0 Å². The molecule has 3 aromatic rings. The van der Waals surface area contributed by atoms with Crippen LogP contribution in [0.25, 0.3) is 22.3 Å². The molecule has 0 aromatic heterocycles. The summed E-state index contributed by atoms with van der Waals surface area (Å²) < 4.78 is 0. The number of hydrogen-bond acceptors (Lipinski definition) is 5. The molecule has 0 radical (unpaired) electrons. The van der Waals surface area contributed by atoms with E-state index < -0.39 is 0 Å². The molecule has 1 fully saturated rings. The van der Waals surface area contributed by atoms with Gasteiger partial charge in [0.05, 0.1) is 6.04 Å². The van der Waals surface area contributed by atoms with E-state index in [1.165, 1.54) is 5.56 Å². The monoisotopic (exact) mass is 385 g/mol. The lowest BCUT2D eigenvalue weighted by molar-refractivity contribution is 0.395. The normalized spacial score (nSPS) is 18.9. The second kappa shape index (κ2) is 8.35. The van der Waals surface area contributed by atoms with Crippen LogP contribution in [-0.4, -0.2) is 6.04 Å². The van der Waals surface area contributed by atoms with Crippen molar-refractivity contribution in [3.05, 3.63) is 82.1 Å². The third-order valence-electron chi connectivity index (χ3n) is 5.90. The largest absolute Gasteiger partial charge is 0.398 e. The SMILES string of the molecule is Nc1cc(-c2ccc(C3CCC(N=O)CC3)cc2)ccc1-c1ccc(N=O)cc1. The zero-order valence-corrected chi connectivity index (χ0v) is 16.1. The Labute approximate surface area is 169 Å². The van der Waals surface area contributed by atoms with E-state index in [0.717, 1.165) is 47.9 Å². The van der Waals surface area contributed by atoms with Crippen molar-refractivity contribution < 1.29 is 0 Å². The van der Waals surface area contributed by atoms with Gasteiger partial charge in [-0.05, 0) is 77.2 Å². The first-order valence-electron chi connectivity index (χ1n) is 9.94. The molecule has 2 N–H and O–H groups in total. The van der Waals surface area contributed by atoms with Crippen molar-refractivity contribution >= 4 is 11.4 Å². The van der Waals surface area contributed by atoms with Crippen molar-refractivity contribution in [2.45, 2.75) is 37.6 Å². The molecule has 0 saturated heterocycles. The molecule has 0 amide bonds. The van der Waals surface area contributed by atoms with E-state index in [1.54, 1.807) is 12.1 Å². The Balaban J connectivity index is 1.52. The highest BCUT2D eigenvalue weighted by Crippen LogP contribution is 2.36. The summed E-state index contributed by atoms with van der Waals surface area (Å²) in [5, 5.41) is 6.13. The number of rotatable bonds is 5. The average molecular weight is 385 g/mol. The molecule has 5 heteroatoms. The van der Waals surface area contributed by atoms with E-state index in [0.29, 0.717) is 17.3 Å². The number of nitrogens with two attached hydrogens (primary N) is 1. The van der Waals surface area contributed by atoms with Gasteiger partial charge < -0.3 is 5.73 Å². The predicted octanol–water partition coefficient (Wildman–Crippen LogP) is 6.79. The van der Waals surface area contributed by atoms with Crippen LogP contribution in [0.15, 0.2) is 77.1 Å². The van der Waals surface area contributed by atoms with Gasteiger partial charge in [-0.25, -0.2) is 0 Å². The maximum absolute atomic E-state index is 10.7. The molecule has 1 aliphatic carbocycles. The third-order valence-corrected chi connectivity index (χ3v) is 5.90. The summed E-state index contributed by atoms with van der Waals surface area (Å²) in [6.07, 6.45) is 3.82. The minimum absolute atomic E-state index is 0.00193. The van der Waals surface area contributed by atoms with Gasteiger partial charge in [0.1, 0.15) is 5.69 Å². The first-order valence-corrected chi connectivity index (χ1v) is 9.94. The Morgan fingerprint density at radius 3 is 1.93 bits per heavy atom. The third kappa shape index (κ3) is 4.09. The van der Waals surface area contributed by atoms with Gasteiger partial charge in [0, 0.05) is 11.3 Å². The molecule has 0 aliphatic heterocycles. The average Bonchev–Trinajstić information content (AvgIpc) is 2.79. The number of nitrogen functional groups attached to an aromatic ring is 1. The zero-order valence-electron chi connectivity index (χ0n) is 16.1. The fraction of sp³-hybridized carbons (Fsp3) is 0.250. The summed E-state index contributed by atoms with van der Waals surface area (Å²) >= 11 is 0. The van der Waals surface area contributed by atoms with Crippen molar-refractivity contribution in [3.8, 4) is 22.3 Å². The highest BCUT2D eigenvalue weighted by molar-refractivity contribution is 5.81. The Morgan fingerprint density at radius 2 is 1.34 bits per heavy atom. The maximum atomic E-state index is 10.7. The van der Waals surface area contributed by atoms with Crippen molar-refractivity contribution in [1.82, 2.24) is 0 Å². The molecule has 1 saturated carbocycles. The molecule has 0 spiro atoms. The van der Waals surface area contributed by atoms with Crippen LogP contribution < -0.4 is 5.73 Å². The van der Waals surface area contributed by atoms with Gasteiger partial charge in [-0.3, -0.25) is 0 Å². The molecule has 0 atom stereocenters. The van der Waals surface area contributed by atoms with Crippen LogP contribution in [0.1, 0.15) is 37.2 Å². The molecule has 0 unspecified atom stereocenters. The molecule has 29 heavy (non-hydrogen) atoms. The van der Waals surface area contributed by atoms with Gasteiger partial charge in [0.2, 0.25) is 0 Å². The van der Waals surface area contributed by atoms with Crippen LogP contribution >= 0.6 is 0 Å². The van der Waals surface area contributed by atoms with E-state index in [-0.39, 0.29) is 6.04 Å². The van der Waals surface area contributed by atoms with Crippen molar-refractivity contribution in [2.24, 2.45) is 10.4 Å². The van der Waals surface area contributed by atoms with Gasteiger partial charge in [-0.1, -0.05) is 53.7 Å². The second-order valence-corrected chi connectivity index (χ2v) is 7.67. The van der Waals surface area contributed by atoms with Crippen molar-refractivity contribution in [1.29, 1.82) is 0 Å². The number of hydrogen-bond donors (Lipinski definition) is 1. The fourth-order valence-electron chi connectivity index (χ4n) is 4.17. The van der Waals surface area contributed by atoms with Crippen molar-refractivity contribution in [2.75, 3.05) is 5.73 Å². The van der Waals surface area contributed by atoms with E-state index in [4.69, 9.17) is 5.73 Å². The minimum atomic E-state index is -0.00193. The highest BCUT2D eigenvalue weighted by Gasteiger charge is 2.22. The Kier molecular flexibility index (Phi) is 5.47. The molecule has 0 heterocycles. The van der Waals surface area contributed by atoms with E-state index in [2.05, 4.69) is 40.7 Å². The zero-order chi connectivity index (χ0) is 20.2. The Hall–Kier alpha value is -3.34. The van der Waals surface area contributed by atoms with Crippen LogP contribution in [0.5, 0.6) is 0 Å². The standard InChI is InChI=1S/C24H23N3O2/c25-24-15-20(9-14-23(24)19-7-12-22(27-29)13-8-19)18-3-1-16(2-4-18)17-5-10-21(26-28)11-6-17/h1-4,7-9,12-15,17,21H,5-6,10-11,25H2. The van der Waals surface area contributed by atoms with E-state index in [9.17, 15) is 9.81 Å². The minimum Gasteiger partial charge on any atom is -0.398 e. The summed E-state index contributed by atoms with van der Waals surface area (Å²) in [5.74, 6) is 0.512. The van der Waals surface area contributed by atoms with E-state index in [1.807, 2.05) is 24.3 Å². The first kappa shape index (κ1) is 19.0. The van der Waals surface area contributed by atoms with Crippen molar-refractivity contribution in [3.63, 3.8) is 0 Å². The number of nitroso groups, excluding NO2 is 2. The van der Waals surface area contributed by atoms with Gasteiger partial charge >= 0.3 is 0 Å². The van der Waals surface area contributed by atoms with Crippen LogP contribution in [0.2, 0.25) is 0 Å². The van der Waals surface area contributed by atoms with Gasteiger partial charge in [0.15, 0.2) is 0 Å². The quantitative estimate of drug-likeness (QED) is 0.387. The summed E-state index contributed by atoms with van der Waals surface area (Å²) in [4.78, 5) is 21.3. The summed E-state index contributed by atoms with van der Waals surface area (Å²) in [6, 6.07) is 21.8. The molecular weight excluding hydrogens is 362 g/mol. The topological polar surface area (TPSA) is 84.9 Å². The van der Waals surface area contributed by atoms with Crippen LogP contribution in [0.3, 0.4) is 0 Å². The lowest BCUT2D eigenvalue weighted by atomic mass is 9.81. The lowest BCUT2D eigenvalue weighted by Crippen LogP contribution is -2.15. The number of nitrogens with zero attached hydrogens (tertiary/aromatic N) is 2. The lowest BCUT2D eigenvalue weighted by Gasteiger charge is -2.25. The summed E-state index contributed by atoms with van der Waals surface area (Å²) in [6.45, 7) is 0. The van der Waals surface area contributed by atoms with Gasteiger partial charge in [-0.2, -0.15) is 4.91 Å². The maximum Gasteiger partial charge on any atom is 0.108 e. The van der Waals surface area contributed by atoms with Gasteiger partial charge in [0.25, 0.3) is 0 Å². The number of benzene rings is 3. The molecule has 4 rings (SSSR count). The van der Waals surface area contributed by atoms with Crippen LogP contribution in [0, 0.1) is 9.81 Å². The van der Waals surface area contributed by atoms with E-state index >= 15 is 0 Å². The predicted molar refractivity (Wildman–Crippen MR) is 118 cm³/mol. The Bertz CT molecular complexity index is 1010. The second-order valence-electron chi connectivity index (χ2n) is 7.67. The smallest absolute Gasteiger partial charge is 0.108 e.